The van der Waals surface area contributed by atoms with E-state index < -0.39 is 23.5 Å². The summed E-state index contributed by atoms with van der Waals surface area (Å²) in [5.74, 6) is -1.53. The first kappa shape index (κ1) is 46.5. The van der Waals surface area contributed by atoms with Crippen molar-refractivity contribution in [2.24, 2.45) is 23.2 Å². The molecule has 0 saturated heterocycles. The van der Waals surface area contributed by atoms with E-state index >= 15 is 0 Å². The predicted molar refractivity (Wildman–Crippen MR) is 155 cm³/mol. The van der Waals surface area contributed by atoms with Gasteiger partial charge in [0, 0.05) is 17.0 Å². The molecule has 0 bridgehead atoms. The average molecular weight is 597 g/mol. The molecule has 9 nitrogen and oxygen atoms in total. The van der Waals surface area contributed by atoms with Crippen LogP contribution in [0.4, 0.5) is 0 Å². The molecular formula is C31H57NaO9. The van der Waals surface area contributed by atoms with Gasteiger partial charge in [-0.05, 0) is 38.5 Å². The quantitative estimate of drug-likeness (QED) is 0.116. The molecule has 0 saturated carbocycles. The van der Waals surface area contributed by atoms with Gasteiger partial charge in [0.15, 0.2) is 0 Å². The van der Waals surface area contributed by atoms with E-state index in [-0.39, 0.29) is 72.1 Å². The second-order valence-electron chi connectivity index (χ2n) is 10.9. The zero-order chi connectivity index (χ0) is 31.9. The van der Waals surface area contributed by atoms with E-state index in [1.165, 1.54) is 26.2 Å². The first-order valence-electron chi connectivity index (χ1n) is 14.6. The Hall–Kier alpha value is -1.42. The van der Waals surface area contributed by atoms with Gasteiger partial charge in [-0.2, -0.15) is 0 Å². The second kappa shape index (κ2) is 27.4. The van der Waals surface area contributed by atoms with Gasteiger partial charge < -0.3 is 29.2 Å². The van der Waals surface area contributed by atoms with Crippen molar-refractivity contribution in [3.8, 4) is 0 Å². The van der Waals surface area contributed by atoms with Crippen molar-refractivity contribution in [1.29, 1.82) is 0 Å². The minimum atomic E-state index is -1.01. The number of carbonyl (C=O) groups is 4. The van der Waals surface area contributed by atoms with Crippen molar-refractivity contribution in [2.45, 2.75) is 120 Å². The van der Waals surface area contributed by atoms with E-state index in [4.69, 9.17) is 14.2 Å². The summed E-state index contributed by atoms with van der Waals surface area (Å²) in [4.78, 5) is 43.9. The molecular weight excluding hydrogens is 539 g/mol. The predicted octanol–water partition coefficient (Wildman–Crippen LogP) is 2.02. The molecule has 0 aliphatic heterocycles. The van der Waals surface area contributed by atoms with Crippen LogP contribution in [0.15, 0.2) is 12.2 Å². The molecule has 0 fully saturated rings. The van der Waals surface area contributed by atoms with Gasteiger partial charge in [0.1, 0.15) is 19.3 Å². The number of carbonyl (C=O) groups excluding carboxylic acids is 4. The minimum Gasteiger partial charge on any atom is -0.550 e. The molecule has 236 valence electrons. The van der Waals surface area contributed by atoms with Gasteiger partial charge in [-0.15, -0.1) is 0 Å². The van der Waals surface area contributed by atoms with E-state index in [9.17, 15) is 29.4 Å². The van der Waals surface area contributed by atoms with Gasteiger partial charge in [-0.1, -0.05) is 88.2 Å². The first-order valence-corrected chi connectivity index (χ1v) is 14.6. The largest absolute Gasteiger partial charge is 1.00 e. The van der Waals surface area contributed by atoms with Crippen LogP contribution in [0.3, 0.4) is 0 Å². The van der Waals surface area contributed by atoms with Gasteiger partial charge in [-0.3, -0.25) is 9.59 Å². The molecule has 41 heavy (non-hydrogen) atoms. The SMILES string of the molecule is C=C(C)C(=O)OCC(O)COC(=O)C(C)CC.CCC(C)(C)C(=O)[O-].CCCCC(CC)COC(=O)C(C)CC.[Na+]. The molecule has 4 unspecified atom stereocenters. The summed E-state index contributed by atoms with van der Waals surface area (Å²) in [5, 5.41) is 19.5. The van der Waals surface area contributed by atoms with Crippen molar-refractivity contribution in [3.63, 3.8) is 0 Å². The van der Waals surface area contributed by atoms with Crippen LogP contribution in [-0.2, 0) is 33.4 Å². The van der Waals surface area contributed by atoms with Crippen molar-refractivity contribution >= 4 is 23.9 Å². The van der Waals surface area contributed by atoms with Crippen LogP contribution in [0, 0.1) is 23.2 Å². The molecule has 0 heterocycles. The Balaban J connectivity index is -0.000000262. The molecule has 0 spiro atoms. The van der Waals surface area contributed by atoms with Crippen molar-refractivity contribution < 1.29 is 73.2 Å². The third-order valence-corrected chi connectivity index (χ3v) is 6.64. The van der Waals surface area contributed by atoms with Crippen LogP contribution in [0.25, 0.3) is 0 Å². The second-order valence-corrected chi connectivity index (χ2v) is 10.9. The van der Waals surface area contributed by atoms with Gasteiger partial charge in [0.25, 0.3) is 0 Å². The van der Waals surface area contributed by atoms with E-state index in [1.54, 1.807) is 20.8 Å². The number of carboxylic acid groups (broad SMARTS) is 1. The van der Waals surface area contributed by atoms with Crippen LogP contribution in [-0.4, -0.2) is 54.9 Å². The Morgan fingerprint density at radius 1 is 0.829 bits per heavy atom. The smallest absolute Gasteiger partial charge is 0.550 e. The maximum absolute atomic E-state index is 11.4. The van der Waals surface area contributed by atoms with Crippen LogP contribution >= 0.6 is 0 Å². The van der Waals surface area contributed by atoms with E-state index in [0.717, 1.165) is 12.8 Å². The van der Waals surface area contributed by atoms with Crippen LogP contribution < -0.4 is 34.7 Å². The number of unbranched alkanes of at least 4 members (excludes halogenated alkanes) is 1. The van der Waals surface area contributed by atoms with E-state index in [1.807, 2.05) is 27.7 Å². The average Bonchev–Trinajstić information content (AvgIpc) is 2.93. The maximum atomic E-state index is 11.4. The molecule has 0 radical (unpaired) electrons. The Bertz CT molecular complexity index is 737. The van der Waals surface area contributed by atoms with Crippen molar-refractivity contribution in [1.82, 2.24) is 0 Å². The normalized spacial score (nSPS) is 13.2. The summed E-state index contributed by atoms with van der Waals surface area (Å²) in [5.41, 5.74) is -0.395. The van der Waals surface area contributed by atoms with Crippen molar-refractivity contribution in [2.75, 3.05) is 19.8 Å². The van der Waals surface area contributed by atoms with E-state index in [0.29, 0.717) is 25.4 Å². The van der Waals surface area contributed by atoms with Crippen LogP contribution in [0.5, 0.6) is 0 Å². The number of esters is 3. The summed E-state index contributed by atoms with van der Waals surface area (Å²) < 4.78 is 14.9. The molecule has 0 aromatic carbocycles. The summed E-state index contributed by atoms with van der Waals surface area (Å²) in [6, 6.07) is 0. The maximum Gasteiger partial charge on any atom is 1.00 e. The third kappa shape index (κ3) is 26.0. The van der Waals surface area contributed by atoms with Crippen LogP contribution in [0.2, 0.25) is 0 Å². The summed E-state index contributed by atoms with van der Waals surface area (Å²) in [6.07, 6.45) is 5.90. The Labute approximate surface area is 271 Å². The number of aliphatic carboxylic acids is 1. The fourth-order valence-corrected chi connectivity index (χ4v) is 2.38. The molecule has 0 amide bonds. The molecule has 4 atom stereocenters. The number of aliphatic hydroxyl groups is 1. The topological polar surface area (TPSA) is 139 Å². The zero-order valence-electron chi connectivity index (χ0n) is 27.8. The Kier molecular flexibility index (Phi) is 31.1. The fraction of sp³-hybridized carbons (Fsp3) is 0.806. The number of aliphatic hydroxyl groups excluding tert-OH is 1. The number of carboxylic acids is 1. The van der Waals surface area contributed by atoms with Gasteiger partial charge in [0.2, 0.25) is 0 Å². The Morgan fingerprint density at radius 3 is 1.59 bits per heavy atom. The molecule has 0 rings (SSSR count). The first-order chi connectivity index (χ1) is 18.5. The minimum absolute atomic E-state index is 0. The molecule has 0 aromatic heterocycles. The standard InChI is InChI=1S/C13H26O2.C12H20O5.C6H12O2.Na/c1-5-8-9-12(7-3)10-15-13(14)11(4)6-2;1-5-9(4)12(15)17-7-10(13)6-16-11(14)8(2)3;1-4-6(2,3)5(7)8;/h11-12H,5-10H2,1-4H3;9-10,13H,2,5-7H2,1,3-4H3;4H2,1-3H3,(H,7,8);/q;;;+1/p-1. The Morgan fingerprint density at radius 2 is 1.27 bits per heavy atom. The summed E-state index contributed by atoms with van der Waals surface area (Å²) in [6.45, 7) is 22.2. The third-order valence-electron chi connectivity index (χ3n) is 6.64. The molecule has 1 N–H and O–H groups in total. The monoisotopic (exact) mass is 596 g/mol. The molecule has 0 aromatic rings. The molecule has 10 heteroatoms. The van der Waals surface area contributed by atoms with Gasteiger partial charge in [-0.25, -0.2) is 4.79 Å². The number of ether oxygens (including phenoxy) is 3. The number of hydrogen-bond acceptors (Lipinski definition) is 9. The van der Waals surface area contributed by atoms with Gasteiger partial charge >= 0.3 is 47.5 Å². The van der Waals surface area contributed by atoms with E-state index in [2.05, 4.69) is 20.4 Å². The summed E-state index contributed by atoms with van der Waals surface area (Å²) in [7, 11) is 0. The van der Waals surface area contributed by atoms with Crippen LogP contribution in [0.1, 0.15) is 114 Å². The molecule has 0 aliphatic carbocycles. The number of rotatable bonds is 17. The molecule has 0 aliphatic rings. The van der Waals surface area contributed by atoms with Crippen molar-refractivity contribution in [3.05, 3.63) is 12.2 Å². The fourth-order valence-electron chi connectivity index (χ4n) is 2.38. The van der Waals surface area contributed by atoms with Gasteiger partial charge in [0.05, 0.1) is 18.4 Å². The summed E-state index contributed by atoms with van der Waals surface area (Å²) >= 11 is 0. The number of hydrogen-bond donors (Lipinski definition) is 1. The zero-order valence-corrected chi connectivity index (χ0v) is 29.8.